The zero-order chi connectivity index (χ0) is 4.95. The number of nitrogens with one attached hydrogen (secondary N) is 1. The van der Waals surface area contributed by atoms with E-state index in [0.717, 1.165) is 0 Å². The van der Waals surface area contributed by atoms with Crippen LogP contribution in [-0.2, 0) is 0 Å². The quantitative estimate of drug-likeness (QED) is 0.273. The van der Waals surface area contributed by atoms with Crippen LogP contribution < -0.4 is 24.2 Å². The van der Waals surface area contributed by atoms with Crippen molar-refractivity contribution >= 4 is 0 Å². The summed E-state index contributed by atoms with van der Waals surface area (Å²) in [4.78, 5) is 0. The zero-order valence-electron chi connectivity index (χ0n) is 4.89. The molecule has 1 heterocycles. The molecular weight excluding hydrogens is 93.0 g/mol. The van der Waals surface area contributed by atoms with E-state index in [0.29, 0.717) is 0 Å². The van der Waals surface area contributed by atoms with Crippen molar-refractivity contribution in [2.45, 2.75) is 0 Å². The second kappa shape index (κ2) is 4.77. The van der Waals surface area contributed by atoms with E-state index < -0.39 is 0 Å². The molecule has 1 N–H and O–H groups in total. The third-order valence-electron chi connectivity index (χ3n) is 0.665. The summed E-state index contributed by atoms with van der Waals surface area (Å²) < 4.78 is 0. The molecule has 2 heteroatoms. The Hall–Kier alpha value is -0.383. The van der Waals surface area contributed by atoms with Gasteiger partial charge in [0.2, 0.25) is 0 Å². The van der Waals surface area contributed by atoms with Crippen molar-refractivity contribution in [3.63, 3.8) is 0 Å². The van der Waals surface area contributed by atoms with E-state index >= 15 is 0 Å². The Morgan fingerprint density at radius 2 is 2.00 bits per heavy atom. The van der Waals surface area contributed by atoms with E-state index in [1.807, 2.05) is 30.5 Å². The summed E-state index contributed by atoms with van der Waals surface area (Å²) in [7, 11) is 0. The van der Waals surface area contributed by atoms with Crippen LogP contribution in [0.15, 0.2) is 30.5 Å². The van der Waals surface area contributed by atoms with Gasteiger partial charge in [-0.25, -0.2) is 0 Å². The monoisotopic (exact) mass is 99.1 g/mol. The first kappa shape index (κ1) is 7.62. The van der Waals surface area contributed by atoms with Crippen molar-refractivity contribution in [3.8, 4) is 0 Å². The van der Waals surface area contributed by atoms with Crippen molar-refractivity contribution in [2.24, 2.45) is 0 Å². The summed E-state index contributed by atoms with van der Waals surface area (Å²) in [5, 5.41) is 2.80. The van der Waals surface area contributed by atoms with Crippen molar-refractivity contribution in [1.29, 1.82) is 0 Å². The fourth-order valence-corrected chi connectivity index (χ4v) is 0.368. The molecule has 1 nitrogen and oxygen atoms in total. The number of rotatable bonds is 0. The average Bonchev–Trinajstić information content (AvgIpc) is 1.90. The Bertz CT molecular complexity index is 110. The topological polar surface area (TPSA) is 12.0 Å². The molecule has 0 unspecified atom stereocenters. The zero-order valence-corrected chi connectivity index (χ0v) is 4.89. The first-order chi connectivity index (χ1) is 3.50. The fourth-order valence-electron chi connectivity index (χ4n) is 0.368. The largest absolute Gasteiger partial charge is 1.00 e. The smallest absolute Gasteiger partial charge is 0.474 e. The Morgan fingerprint density at radius 1 is 1.12 bits per heavy atom. The number of allylic oxidation sites excluding steroid dienone is 4. The molecule has 1 rings (SSSR count). The van der Waals surface area contributed by atoms with E-state index in [4.69, 9.17) is 0 Å². The fraction of sp³-hybridized carbons (Fsp3) is 0. The van der Waals surface area contributed by atoms with Gasteiger partial charge in [0.1, 0.15) is 0 Å². The third-order valence-corrected chi connectivity index (χ3v) is 0.665. The predicted octanol–water partition coefficient (Wildman–Crippen LogP) is -2.02. The van der Waals surface area contributed by atoms with Gasteiger partial charge in [0.15, 0.2) is 0 Å². The van der Waals surface area contributed by atoms with Gasteiger partial charge < -0.3 is 5.32 Å². The minimum Gasteiger partial charge on any atom is -0.474 e. The molecule has 0 amide bonds. The van der Waals surface area contributed by atoms with Gasteiger partial charge in [0.05, 0.1) is 0 Å². The van der Waals surface area contributed by atoms with Crippen LogP contribution in [0.5, 0.6) is 0 Å². The maximum Gasteiger partial charge on any atom is 1.00 e. The summed E-state index contributed by atoms with van der Waals surface area (Å²) in [6.45, 7) is 0. The second-order valence-electron chi connectivity index (χ2n) is 1.20. The van der Waals surface area contributed by atoms with Crippen LogP contribution in [0.4, 0.5) is 0 Å². The van der Waals surface area contributed by atoms with Crippen LogP contribution in [0.2, 0.25) is 0 Å². The molecule has 0 aromatic heterocycles. The van der Waals surface area contributed by atoms with Crippen LogP contribution >= 0.6 is 0 Å². The third kappa shape index (κ3) is 2.73. The predicted molar refractivity (Wildman–Crippen MR) is 29.2 cm³/mol. The Balaban J connectivity index is 0.000000490. The summed E-state index contributed by atoms with van der Waals surface area (Å²) in [5.41, 5.74) is 0. The molecule has 1 aliphatic rings. The van der Waals surface area contributed by atoms with Gasteiger partial charge in [-0.3, -0.25) is 0 Å². The Morgan fingerprint density at radius 3 is 2.88 bits per heavy atom. The summed E-state index contributed by atoms with van der Waals surface area (Å²) in [6.07, 6.45) is 12.2. The Labute approximate surface area is 61.3 Å². The van der Waals surface area contributed by atoms with Crippen molar-refractivity contribution in [2.75, 3.05) is 0 Å². The molecular formula is C6H6LiN. The van der Waals surface area contributed by atoms with E-state index in [-0.39, 0.29) is 18.9 Å². The van der Waals surface area contributed by atoms with Crippen molar-refractivity contribution in [1.82, 2.24) is 5.32 Å². The molecule has 0 aromatic carbocycles. The van der Waals surface area contributed by atoms with Crippen LogP contribution in [0.1, 0.15) is 0 Å². The molecule has 0 spiro atoms. The van der Waals surface area contributed by atoms with Crippen molar-refractivity contribution in [3.05, 3.63) is 36.7 Å². The number of hydrogen-bond acceptors (Lipinski definition) is 1. The van der Waals surface area contributed by atoms with Gasteiger partial charge >= 0.3 is 18.9 Å². The maximum absolute atomic E-state index is 2.80. The molecule has 1 aliphatic heterocycles. The van der Waals surface area contributed by atoms with Gasteiger partial charge in [-0.2, -0.15) is 12.2 Å². The minimum absolute atomic E-state index is 0. The minimum atomic E-state index is 0. The normalized spacial score (nSPS) is 14.0. The second-order valence-corrected chi connectivity index (χ2v) is 1.20. The van der Waals surface area contributed by atoms with Gasteiger partial charge in [0, 0.05) is 0 Å². The summed E-state index contributed by atoms with van der Waals surface area (Å²) in [5.74, 6) is 0. The molecule has 0 atom stereocenters. The molecule has 0 radical (unpaired) electrons. The molecule has 0 bridgehead atoms. The Kier molecular flexibility index (Phi) is 4.54. The molecule has 0 fully saturated rings. The maximum atomic E-state index is 2.80. The number of hydrogen-bond donors (Lipinski definition) is 1. The standard InChI is InChI=1S/C6H6N.Li/c1-2-4-6-7-5-3-1;/h1-5,7H;/q-1;+1. The van der Waals surface area contributed by atoms with Crippen LogP contribution in [0.25, 0.3) is 0 Å². The SMILES string of the molecule is [C-]1=CC=CC=CN1.[Li+]. The van der Waals surface area contributed by atoms with E-state index in [9.17, 15) is 0 Å². The van der Waals surface area contributed by atoms with Crippen molar-refractivity contribution < 1.29 is 18.9 Å². The van der Waals surface area contributed by atoms with Crippen LogP contribution in [0, 0.1) is 6.20 Å². The average molecular weight is 99.1 g/mol. The molecule has 0 saturated heterocycles. The van der Waals surface area contributed by atoms with Crippen LogP contribution in [-0.4, -0.2) is 0 Å². The molecule has 0 saturated carbocycles. The molecule has 0 aromatic rings. The van der Waals surface area contributed by atoms with Gasteiger partial charge in [-0.05, 0) is 0 Å². The molecule has 8 heavy (non-hydrogen) atoms. The van der Waals surface area contributed by atoms with Crippen LogP contribution in [0.3, 0.4) is 0 Å². The van der Waals surface area contributed by atoms with Gasteiger partial charge in [-0.15, -0.1) is 18.4 Å². The van der Waals surface area contributed by atoms with Gasteiger partial charge in [-0.1, -0.05) is 6.20 Å². The summed E-state index contributed by atoms with van der Waals surface area (Å²) in [6, 6.07) is 0. The van der Waals surface area contributed by atoms with E-state index in [2.05, 4.69) is 11.5 Å². The van der Waals surface area contributed by atoms with E-state index in [1.54, 1.807) is 0 Å². The van der Waals surface area contributed by atoms with E-state index in [1.165, 1.54) is 0 Å². The van der Waals surface area contributed by atoms with Gasteiger partial charge in [0.25, 0.3) is 0 Å². The summed E-state index contributed by atoms with van der Waals surface area (Å²) >= 11 is 0. The first-order valence-electron chi connectivity index (χ1n) is 2.16. The first-order valence-corrected chi connectivity index (χ1v) is 2.16. The molecule has 36 valence electrons. The molecule has 0 aliphatic carbocycles.